The largest absolute Gasteiger partial charge is 0.354 e. The zero-order valence-electron chi connectivity index (χ0n) is 6.31. The fourth-order valence-corrected chi connectivity index (χ4v) is 1.34. The number of fused-ring (bicyclic) bond motifs is 1. The van der Waals surface area contributed by atoms with E-state index >= 15 is 0 Å². The van der Waals surface area contributed by atoms with Crippen LogP contribution in [0, 0.1) is 13.8 Å². The van der Waals surface area contributed by atoms with Crippen LogP contribution in [0.5, 0.6) is 0 Å². The number of aromatic nitrogens is 2. The summed E-state index contributed by atoms with van der Waals surface area (Å²) in [7, 11) is 0. The molecular formula is C7H11N3. The molecule has 0 aliphatic carbocycles. The van der Waals surface area contributed by atoms with Gasteiger partial charge in [0.25, 0.3) is 0 Å². The number of anilines is 1. The minimum atomic E-state index is 1.03. The molecule has 3 heteroatoms. The van der Waals surface area contributed by atoms with Gasteiger partial charge in [-0.1, -0.05) is 0 Å². The van der Waals surface area contributed by atoms with Crippen molar-refractivity contribution in [3.8, 4) is 0 Å². The quantitative estimate of drug-likeness (QED) is 0.576. The van der Waals surface area contributed by atoms with Crippen LogP contribution in [0.2, 0.25) is 0 Å². The zero-order chi connectivity index (χ0) is 7.14. The topological polar surface area (TPSA) is 29.9 Å². The number of rotatable bonds is 0. The van der Waals surface area contributed by atoms with E-state index in [9.17, 15) is 0 Å². The maximum absolute atomic E-state index is 4.34. The Balaban J connectivity index is 2.59. The molecule has 10 heavy (non-hydrogen) atoms. The molecule has 2 heterocycles. The number of nitrogens with one attached hydrogen (secondary N) is 1. The summed E-state index contributed by atoms with van der Waals surface area (Å²) in [6, 6.07) is 0. The molecule has 0 saturated carbocycles. The summed E-state index contributed by atoms with van der Waals surface area (Å²) >= 11 is 0. The molecule has 54 valence electrons. The van der Waals surface area contributed by atoms with E-state index in [1.807, 2.05) is 6.92 Å². The van der Waals surface area contributed by atoms with Crippen LogP contribution in [-0.2, 0) is 6.54 Å². The molecule has 0 aromatic carbocycles. The van der Waals surface area contributed by atoms with Gasteiger partial charge in [0.05, 0.1) is 5.69 Å². The monoisotopic (exact) mass is 137 g/mol. The molecule has 2 rings (SSSR count). The summed E-state index contributed by atoms with van der Waals surface area (Å²) in [5.74, 6) is 1.04. The standard InChI is InChI=1S/C7H11N3/c1-5-6(2)10-4-3-8-7(10)9-5/h3-4H2,1-2H3,(H,8,9). The summed E-state index contributed by atoms with van der Waals surface area (Å²) in [6.07, 6.45) is 0. The molecule has 1 aliphatic rings. The Morgan fingerprint density at radius 2 is 2.30 bits per heavy atom. The van der Waals surface area contributed by atoms with Gasteiger partial charge < -0.3 is 9.88 Å². The first-order valence-corrected chi connectivity index (χ1v) is 3.56. The predicted octanol–water partition coefficient (Wildman–Crippen LogP) is 0.925. The van der Waals surface area contributed by atoms with E-state index in [1.165, 1.54) is 5.69 Å². The van der Waals surface area contributed by atoms with Crippen molar-refractivity contribution in [1.29, 1.82) is 0 Å². The first-order valence-electron chi connectivity index (χ1n) is 3.56. The highest BCUT2D eigenvalue weighted by atomic mass is 15.3. The van der Waals surface area contributed by atoms with Crippen molar-refractivity contribution in [2.24, 2.45) is 0 Å². The van der Waals surface area contributed by atoms with Gasteiger partial charge in [-0.3, -0.25) is 0 Å². The van der Waals surface area contributed by atoms with Crippen molar-refractivity contribution in [3.05, 3.63) is 11.4 Å². The maximum Gasteiger partial charge on any atom is 0.203 e. The molecule has 3 nitrogen and oxygen atoms in total. The second-order valence-corrected chi connectivity index (χ2v) is 2.68. The minimum absolute atomic E-state index is 1.03. The number of hydrogen-bond donors (Lipinski definition) is 1. The summed E-state index contributed by atoms with van der Waals surface area (Å²) < 4.78 is 2.22. The third-order valence-electron chi connectivity index (χ3n) is 2.08. The van der Waals surface area contributed by atoms with Crippen LogP contribution in [0.4, 0.5) is 5.95 Å². The highest BCUT2D eigenvalue weighted by molar-refractivity contribution is 5.36. The van der Waals surface area contributed by atoms with Crippen LogP contribution in [0.3, 0.4) is 0 Å². The predicted molar refractivity (Wildman–Crippen MR) is 40.2 cm³/mol. The summed E-state index contributed by atoms with van der Waals surface area (Å²) in [4.78, 5) is 4.34. The normalized spacial score (nSPS) is 15.0. The molecular weight excluding hydrogens is 126 g/mol. The van der Waals surface area contributed by atoms with Crippen molar-refractivity contribution in [2.75, 3.05) is 11.9 Å². The van der Waals surface area contributed by atoms with Crippen molar-refractivity contribution in [2.45, 2.75) is 20.4 Å². The van der Waals surface area contributed by atoms with E-state index in [-0.39, 0.29) is 0 Å². The highest BCUT2D eigenvalue weighted by Gasteiger charge is 2.14. The third kappa shape index (κ3) is 0.574. The van der Waals surface area contributed by atoms with Crippen molar-refractivity contribution in [1.82, 2.24) is 9.55 Å². The first kappa shape index (κ1) is 5.77. The van der Waals surface area contributed by atoms with E-state index < -0.39 is 0 Å². The van der Waals surface area contributed by atoms with Gasteiger partial charge in [-0.2, -0.15) is 0 Å². The van der Waals surface area contributed by atoms with Crippen LogP contribution in [0.1, 0.15) is 11.4 Å². The average Bonchev–Trinajstić information content (AvgIpc) is 2.41. The molecule has 1 N–H and O–H groups in total. The second-order valence-electron chi connectivity index (χ2n) is 2.68. The molecule has 0 spiro atoms. The van der Waals surface area contributed by atoms with Crippen molar-refractivity contribution < 1.29 is 0 Å². The number of imidazole rings is 1. The van der Waals surface area contributed by atoms with Gasteiger partial charge in [-0.05, 0) is 13.8 Å². The smallest absolute Gasteiger partial charge is 0.203 e. The Hall–Kier alpha value is -0.990. The Morgan fingerprint density at radius 1 is 1.50 bits per heavy atom. The Labute approximate surface area is 60.1 Å². The third-order valence-corrected chi connectivity index (χ3v) is 2.08. The summed E-state index contributed by atoms with van der Waals surface area (Å²) in [5, 5.41) is 3.21. The molecule has 0 amide bonds. The molecule has 0 fully saturated rings. The molecule has 0 radical (unpaired) electrons. The van der Waals surface area contributed by atoms with E-state index in [1.54, 1.807) is 0 Å². The Kier molecular flexibility index (Phi) is 1.01. The number of nitrogens with zero attached hydrogens (tertiary/aromatic N) is 2. The van der Waals surface area contributed by atoms with Gasteiger partial charge in [0.15, 0.2) is 0 Å². The fourth-order valence-electron chi connectivity index (χ4n) is 1.34. The van der Waals surface area contributed by atoms with E-state index in [0.717, 1.165) is 24.7 Å². The SMILES string of the molecule is Cc1nc2n(c1C)CCN2. The van der Waals surface area contributed by atoms with Crippen molar-refractivity contribution >= 4 is 5.95 Å². The minimum Gasteiger partial charge on any atom is -0.354 e. The van der Waals surface area contributed by atoms with Crippen molar-refractivity contribution in [3.63, 3.8) is 0 Å². The molecule has 0 saturated heterocycles. The first-order chi connectivity index (χ1) is 4.79. The van der Waals surface area contributed by atoms with E-state index in [2.05, 4.69) is 21.8 Å². The van der Waals surface area contributed by atoms with E-state index in [4.69, 9.17) is 0 Å². The van der Waals surface area contributed by atoms with Crippen LogP contribution in [0.15, 0.2) is 0 Å². The van der Waals surface area contributed by atoms with Gasteiger partial charge >= 0.3 is 0 Å². The summed E-state index contributed by atoms with van der Waals surface area (Å²) in [5.41, 5.74) is 2.43. The van der Waals surface area contributed by atoms with Gasteiger partial charge in [0, 0.05) is 18.8 Å². The van der Waals surface area contributed by atoms with Gasteiger partial charge in [0.1, 0.15) is 0 Å². The fraction of sp³-hybridized carbons (Fsp3) is 0.571. The van der Waals surface area contributed by atoms with Crippen LogP contribution in [-0.4, -0.2) is 16.1 Å². The lowest BCUT2D eigenvalue weighted by Gasteiger charge is -1.95. The number of hydrogen-bond acceptors (Lipinski definition) is 2. The molecule has 1 aliphatic heterocycles. The lowest BCUT2D eigenvalue weighted by molar-refractivity contribution is 0.779. The molecule has 0 bridgehead atoms. The molecule has 1 aromatic rings. The highest BCUT2D eigenvalue weighted by Crippen LogP contribution is 2.17. The maximum atomic E-state index is 4.34. The second kappa shape index (κ2) is 1.75. The van der Waals surface area contributed by atoms with Gasteiger partial charge in [0.2, 0.25) is 5.95 Å². The number of aryl methyl sites for hydroxylation is 1. The lowest BCUT2D eigenvalue weighted by atomic mass is 10.4. The average molecular weight is 137 g/mol. The Morgan fingerprint density at radius 3 is 3.00 bits per heavy atom. The van der Waals surface area contributed by atoms with Crippen LogP contribution >= 0.6 is 0 Å². The van der Waals surface area contributed by atoms with Gasteiger partial charge in [-0.15, -0.1) is 0 Å². The van der Waals surface area contributed by atoms with Crippen LogP contribution < -0.4 is 5.32 Å². The lowest BCUT2D eigenvalue weighted by Crippen LogP contribution is -1.97. The Bertz CT molecular complexity index is 262. The van der Waals surface area contributed by atoms with Gasteiger partial charge in [-0.25, -0.2) is 4.98 Å². The van der Waals surface area contributed by atoms with Crippen LogP contribution in [0.25, 0.3) is 0 Å². The molecule has 0 atom stereocenters. The molecule has 0 unspecified atom stereocenters. The molecule has 1 aromatic heterocycles. The van der Waals surface area contributed by atoms with E-state index in [0.29, 0.717) is 0 Å². The summed E-state index contributed by atoms with van der Waals surface area (Å²) in [6.45, 7) is 6.26. The zero-order valence-corrected chi connectivity index (χ0v) is 6.31.